The minimum absolute atomic E-state index is 0.0303. The first kappa shape index (κ1) is 33.6. The van der Waals surface area contributed by atoms with Crippen LogP contribution in [-0.2, 0) is 6.18 Å². The second-order valence-electron chi connectivity index (χ2n) is 13.9. The fourth-order valence-corrected chi connectivity index (χ4v) is 8.26. The minimum atomic E-state index is -4.92. The van der Waals surface area contributed by atoms with Gasteiger partial charge in [0.1, 0.15) is 17.2 Å². The molecule has 0 aliphatic rings. The Kier molecular flexibility index (Phi) is 7.68. The maximum Gasteiger partial charge on any atom is 0.420 e. The zero-order valence-electron chi connectivity index (χ0n) is 29.5. The highest BCUT2D eigenvalue weighted by molar-refractivity contribution is 6.12. The van der Waals surface area contributed by atoms with Gasteiger partial charge in [-0.05, 0) is 88.5 Å². The van der Waals surface area contributed by atoms with E-state index in [2.05, 4.69) is 0 Å². The maximum atomic E-state index is 16.2. The fourth-order valence-electron chi connectivity index (χ4n) is 8.26. The van der Waals surface area contributed by atoms with Crippen molar-refractivity contribution in [2.24, 2.45) is 0 Å². The van der Waals surface area contributed by atoms with Crippen LogP contribution in [0, 0.1) is 11.6 Å². The van der Waals surface area contributed by atoms with E-state index >= 15 is 22.0 Å². The summed E-state index contributed by atoms with van der Waals surface area (Å²) < 4.78 is 83.2. The number of rotatable bonds is 5. The van der Waals surface area contributed by atoms with Crippen LogP contribution in [0.15, 0.2) is 176 Å². The fraction of sp³-hybridized carbons (Fsp3) is 0.0204. The van der Waals surface area contributed by atoms with Crippen LogP contribution in [0.4, 0.5) is 22.0 Å². The van der Waals surface area contributed by atoms with Gasteiger partial charge in [-0.2, -0.15) is 13.2 Å². The highest BCUT2D eigenvalue weighted by Gasteiger charge is 2.40. The molecule has 0 saturated carbocycles. The van der Waals surface area contributed by atoms with Crippen molar-refractivity contribution in [2.45, 2.75) is 6.18 Å². The van der Waals surface area contributed by atoms with Crippen LogP contribution in [0.25, 0.3) is 88.4 Å². The molecule has 0 amide bonds. The Morgan fingerprint density at radius 3 is 1.20 bits per heavy atom. The summed E-state index contributed by atoms with van der Waals surface area (Å²) in [5.41, 5.74) is 3.91. The standard InChI is InChI=1S/C49H29F5N2/c50-39-18-11-19-40(51)47(39)34-28-45(55-41-20-9-7-16-35(41)37-26-32(22-24-43(37)55)30-12-3-1-4-13-30)48(49(52,53)54)46(29-34)56-42-21-10-8-17-36(42)38-27-33(23-25-44(38)56)31-14-5-2-6-15-31/h1-29H. The summed E-state index contributed by atoms with van der Waals surface area (Å²) >= 11 is 0. The molecule has 0 bridgehead atoms. The Balaban J connectivity index is 1.35. The lowest BCUT2D eigenvalue weighted by Crippen LogP contribution is -2.16. The molecule has 8 aromatic carbocycles. The number of hydrogen-bond donors (Lipinski definition) is 0. The molecule has 0 saturated heterocycles. The van der Waals surface area contributed by atoms with E-state index in [-0.39, 0.29) is 16.9 Å². The van der Waals surface area contributed by atoms with E-state index in [1.165, 1.54) is 18.2 Å². The molecule has 56 heavy (non-hydrogen) atoms. The van der Waals surface area contributed by atoms with E-state index in [0.717, 1.165) is 55.9 Å². The molecule has 0 atom stereocenters. The molecule has 10 rings (SSSR count). The zero-order valence-corrected chi connectivity index (χ0v) is 29.5. The van der Waals surface area contributed by atoms with Gasteiger partial charge in [0.2, 0.25) is 0 Å². The minimum Gasteiger partial charge on any atom is -0.309 e. The molecule has 10 aromatic rings. The van der Waals surface area contributed by atoms with Crippen LogP contribution in [0.2, 0.25) is 0 Å². The summed E-state index contributed by atoms with van der Waals surface area (Å²) in [6.07, 6.45) is -4.92. The van der Waals surface area contributed by atoms with Crippen LogP contribution >= 0.6 is 0 Å². The highest BCUT2D eigenvalue weighted by atomic mass is 19.4. The molecule has 0 aliphatic carbocycles. The van der Waals surface area contributed by atoms with Gasteiger partial charge < -0.3 is 9.13 Å². The molecular weight excluding hydrogens is 712 g/mol. The molecular formula is C49H29F5N2. The van der Waals surface area contributed by atoms with Crippen LogP contribution < -0.4 is 0 Å². The first-order chi connectivity index (χ1) is 27.3. The second kappa shape index (κ2) is 12.8. The third-order valence-corrected chi connectivity index (χ3v) is 10.7. The van der Waals surface area contributed by atoms with E-state index in [1.54, 1.807) is 33.4 Å². The summed E-state index contributed by atoms with van der Waals surface area (Å²) in [4.78, 5) is 0. The van der Waals surface area contributed by atoms with Gasteiger partial charge in [0.25, 0.3) is 0 Å². The number of hydrogen-bond acceptors (Lipinski definition) is 0. The van der Waals surface area contributed by atoms with E-state index in [0.29, 0.717) is 22.1 Å². The van der Waals surface area contributed by atoms with Crippen molar-refractivity contribution in [1.82, 2.24) is 9.13 Å². The molecule has 7 heteroatoms. The molecule has 2 heterocycles. The van der Waals surface area contributed by atoms with Gasteiger partial charge >= 0.3 is 6.18 Å². The molecule has 0 spiro atoms. The first-order valence-corrected chi connectivity index (χ1v) is 18.1. The van der Waals surface area contributed by atoms with E-state index < -0.39 is 28.9 Å². The SMILES string of the molecule is Fc1cccc(F)c1-c1cc(-n2c3ccccc3c3cc(-c4ccccc4)ccc32)c(C(F)(F)F)c(-n2c3ccccc3c3cc(-c4ccccc4)ccc32)c1. The Morgan fingerprint density at radius 1 is 0.339 bits per heavy atom. The van der Waals surface area contributed by atoms with Crippen molar-refractivity contribution in [3.05, 3.63) is 193 Å². The van der Waals surface area contributed by atoms with Gasteiger partial charge in [-0.15, -0.1) is 0 Å². The van der Waals surface area contributed by atoms with E-state index in [4.69, 9.17) is 0 Å². The predicted octanol–water partition coefficient (Wildman–Crippen LogP) is 14.2. The van der Waals surface area contributed by atoms with Crippen LogP contribution in [0.3, 0.4) is 0 Å². The van der Waals surface area contributed by atoms with Gasteiger partial charge in [-0.25, -0.2) is 8.78 Å². The van der Waals surface area contributed by atoms with Crippen molar-refractivity contribution in [1.29, 1.82) is 0 Å². The molecule has 2 nitrogen and oxygen atoms in total. The predicted molar refractivity (Wildman–Crippen MR) is 216 cm³/mol. The summed E-state index contributed by atoms with van der Waals surface area (Å²) in [6, 6.07) is 51.5. The molecule has 0 unspecified atom stereocenters. The summed E-state index contributed by atoms with van der Waals surface area (Å²) in [7, 11) is 0. The summed E-state index contributed by atoms with van der Waals surface area (Å²) in [5.74, 6) is -1.77. The first-order valence-electron chi connectivity index (χ1n) is 18.1. The molecule has 270 valence electrons. The van der Waals surface area contributed by atoms with Crippen molar-refractivity contribution < 1.29 is 22.0 Å². The third-order valence-electron chi connectivity index (χ3n) is 10.7. The average Bonchev–Trinajstić information content (AvgIpc) is 3.73. The lowest BCUT2D eigenvalue weighted by atomic mass is 9.98. The second-order valence-corrected chi connectivity index (χ2v) is 13.9. The Labute approximate surface area is 317 Å². The van der Waals surface area contributed by atoms with Crippen molar-refractivity contribution >= 4 is 43.6 Å². The van der Waals surface area contributed by atoms with Gasteiger partial charge in [-0.1, -0.05) is 115 Å². The quantitative estimate of drug-likeness (QED) is 0.156. The summed E-state index contributed by atoms with van der Waals surface area (Å²) in [6.45, 7) is 0. The maximum absolute atomic E-state index is 16.2. The van der Waals surface area contributed by atoms with E-state index in [9.17, 15) is 0 Å². The van der Waals surface area contributed by atoms with Gasteiger partial charge in [0.15, 0.2) is 0 Å². The Bertz CT molecular complexity index is 2940. The van der Waals surface area contributed by atoms with Crippen molar-refractivity contribution in [2.75, 3.05) is 0 Å². The lowest BCUT2D eigenvalue weighted by molar-refractivity contribution is -0.137. The topological polar surface area (TPSA) is 9.86 Å². The highest BCUT2D eigenvalue weighted by Crippen LogP contribution is 2.47. The molecule has 0 fully saturated rings. The Hall–Kier alpha value is -6.99. The number of nitrogens with zero attached hydrogens (tertiary/aromatic N) is 2. The number of aromatic nitrogens is 2. The molecule has 0 N–H and O–H groups in total. The van der Waals surface area contributed by atoms with Crippen LogP contribution in [-0.4, -0.2) is 9.13 Å². The summed E-state index contributed by atoms with van der Waals surface area (Å²) in [5, 5.41) is 2.96. The average molecular weight is 741 g/mol. The van der Waals surface area contributed by atoms with E-state index in [1.807, 2.05) is 121 Å². The third kappa shape index (κ3) is 5.30. The van der Waals surface area contributed by atoms with Gasteiger partial charge in [0.05, 0.1) is 39.0 Å². The van der Waals surface area contributed by atoms with Crippen LogP contribution in [0.5, 0.6) is 0 Å². The molecule has 0 aliphatic heterocycles. The van der Waals surface area contributed by atoms with Crippen LogP contribution in [0.1, 0.15) is 5.56 Å². The number of fused-ring (bicyclic) bond motifs is 6. The van der Waals surface area contributed by atoms with Gasteiger partial charge in [0, 0.05) is 21.5 Å². The molecule has 0 radical (unpaired) electrons. The number of benzene rings is 8. The monoisotopic (exact) mass is 740 g/mol. The normalized spacial score (nSPS) is 12.0. The smallest absolute Gasteiger partial charge is 0.309 e. The van der Waals surface area contributed by atoms with Crippen molar-refractivity contribution in [3.63, 3.8) is 0 Å². The largest absolute Gasteiger partial charge is 0.420 e. The molecule has 2 aromatic heterocycles. The Morgan fingerprint density at radius 2 is 0.750 bits per heavy atom. The number of halogens is 5. The number of alkyl halides is 3. The van der Waals surface area contributed by atoms with Gasteiger partial charge in [-0.3, -0.25) is 0 Å². The number of para-hydroxylation sites is 2. The zero-order chi connectivity index (χ0) is 38.1. The lowest BCUT2D eigenvalue weighted by Gasteiger charge is -2.23. The van der Waals surface area contributed by atoms with Crippen molar-refractivity contribution in [3.8, 4) is 44.8 Å².